The zero-order chi connectivity index (χ0) is 19.6. The minimum atomic E-state index is -0.707. The summed E-state index contributed by atoms with van der Waals surface area (Å²) in [7, 11) is 0. The summed E-state index contributed by atoms with van der Waals surface area (Å²) in [5.41, 5.74) is 0.355. The van der Waals surface area contributed by atoms with Crippen LogP contribution in [0.2, 0.25) is 10.0 Å². The van der Waals surface area contributed by atoms with Gasteiger partial charge in [-0.2, -0.15) is 0 Å². The number of benzene rings is 2. The van der Waals surface area contributed by atoms with Crippen LogP contribution in [0.25, 0.3) is 0 Å². The maximum atomic E-state index is 13.6. The Morgan fingerprint density at radius 2 is 1.85 bits per heavy atom. The number of nitrogens with zero attached hydrogens (tertiary/aromatic N) is 1. The van der Waals surface area contributed by atoms with Gasteiger partial charge >= 0.3 is 0 Å². The molecule has 0 spiro atoms. The van der Waals surface area contributed by atoms with E-state index in [1.54, 1.807) is 6.07 Å². The maximum absolute atomic E-state index is 13.6. The van der Waals surface area contributed by atoms with Gasteiger partial charge < -0.3 is 5.32 Å². The van der Waals surface area contributed by atoms with Crippen LogP contribution in [0.4, 0.5) is 15.8 Å². The average molecular weight is 427 g/mol. The fraction of sp³-hybridized carbons (Fsp3) is 0.167. The molecule has 0 unspecified atom stereocenters. The lowest BCUT2D eigenvalue weighted by molar-refractivity contribution is -0.121. The van der Waals surface area contributed by atoms with E-state index in [2.05, 4.69) is 5.32 Å². The summed E-state index contributed by atoms with van der Waals surface area (Å²) >= 11 is 12.9. The van der Waals surface area contributed by atoms with Crippen LogP contribution in [0.5, 0.6) is 0 Å². The van der Waals surface area contributed by atoms with Crippen molar-refractivity contribution < 1.29 is 18.8 Å². The van der Waals surface area contributed by atoms with Crippen LogP contribution in [0.3, 0.4) is 0 Å². The summed E-state index contributed by atoms with van der Waals surface area (Å²) in [6, 6.07) is 10.2. The highest BCUT2D eigenvalue weighted by molar-refractivity contribution is 8.01. The van der Waals surface area contributed by atoms with E-state index in [0.717, 1.165) is 16.7 Å². The van der Waals surface area contributed by atoms with Gasteiger partial charge in [0, 0.05) is 16.5 Å². The molecule has 0 aromatic heterocycles. The van der Waals surface area contributed by atoms with Crippen molar-refractivity contribution in [3.8, 4) is 0 Å². The van der Waals surface area contributed by atoms with Gasteiger partial charge in [0.1, 0.15) is 5.82 Å². The number of rotatable bonds is 5. The van der Waals surface area contributed by atoms with E-state index in [9.17, 15) is 18.8 Å². The number of amides is 3. The van der Waals surface area contributed by atoms with Crippen molar-refractivity contribution >= 4 is 64.1 Å². The normalized spacial score (nSPS) is 16.7. The first kappa shape index (κ1) is 19.7. The number of carbonyl (C=O) groups is 3. The third-order valence-electron chi connectivity index (χ3n) is 3.77. The van der Waals surface area contributed by atoms with Crippen LogP contribution in [0, 0.1) is 5.82 Å². The number of imide groups is 1. The van der Waals surface area contributed by atoms with E-state index in [-0.39, 0.29) is 17.9 Å². The standard InChI is InChI=1S/C18H13Cl2FN2O3S/c19-10-5-11(20)7-12(6-10)23-17(25)8-15(18(23)26)27-9-16(24)22-14-4-2-1-3-13(14)21/h1-7,15H,8-9H2,(H,22,24)/t15-/m1/s1. The van der Waals surface area contributed by atoms with Gasteiger partial charge in [-0.1, -0.05) is 35.3 Å². The Kier molecular flexibility index (Phi) is 6.04. The van der Waals surface area contributed by atoms with Crippen molar-refractivity contribution in [1.29, 1.82) is 0 Å². The average Bonchev–Trinajstić information content (AvgIpc) is 2.88. The Labute approximate surface area is 168 Å². The summed E-state index contributed by atoms with van der Waals surface area (Å²) in [4.78, 5) is 37.8. The second kappa shape index (κ2) is 8.29. The largest absolute Gasteiger partial charge is 0.323 e. The lowest BCUT2D eigenvalue weighted by Gasteiger charge is -2.15. The van der Waals surface area contributed by atoms with E-state index >= 15 is 0 Å². The smallest absolute Gasteiger partial charge is 0.247 e. The van der Waals surface area contributed by atoms with Gasteiger partial charge in [0.15, 0.2) is 0 Å². The molecule has 27 heavy (non-hydrogen) atoms. The quantitative estimate of drug-likeness (QED) is 0.729. The second-order valence-electron chi connectivity index (χ2n) is 5.73. The Hall–Kier alpha value is -2.09. The van der Waals surface area contributed by atoms with Crippen molar-refractivity contribution in [3.63, 3.8) is 0 Å². The van der Waals surface area contributed by atoms with Crippen molar-refractivity contribution in [2.24, 2.45) is 0 Å². The van der Waals surface area contributed by atoms with Crippen molar-refractivity contribution in [2.75, 3.05) is 16.0 Å². The minimum absolute atomic E-state index is 0.0411. The first-order valence-corrected chi connectivity index (χ1v) is 9.64. The van der Waals surface area contributed by atoms with Gasteiger partial charge in [-0.15, -0.1) is 11.8 Å². The van der Waals surface area contributed by atoms with Gasteiger partial charge in [0.05, 0.1) is 22.4 Å². The van der Waals surface area contributed by atoms with E-state index in [1.807, 2.05) is 0 Å². The number of hydrogen-bond acceptors (Lipinski definition) is 4. The molecular formula is C18H13Cl2FN2O3S. The van der Waals surface area contributed by atoms with Gasteiger partial charge in [0.25, 0.3) is 0 Å². The fourth-order valence-electron chi connectivity index (χ4n) is 2.60. The molecule has 0 bridgehead atoms. The minimum Gasteiger partial charge on any atom is -0.323 e. The van der Waals surface area contributed by atoms with Crippen LogP contribution in [0.1, 0.15) is 6.42 Å². The monoisotopic (exact) mass is 426 g/mol. The number of anilines is 2. The molecule has 0 radical (unpaired) electrons. The number of carbonyl (C=O) groups excluding carboxylic acids is 3. The molecule has 9 heteroatoms. The number of para-hydroxylation sites is 1. The van der Waals surface area contributed by atoms with Crippen LogP contribution < -0.4 is 10.2 Å². The Balaban J connectivity index is 1.63. The molecule has 0 aliphatic carbocycles. The van der Waals surface area contributed by atoms with Crippen LogP contribution in [-0.4, -0.2) is 28.7 Å². The predicted octanol–water partition coefficient (Wildman–Crippen LogP) is 4.14. The van der Waals surface area contributed by atoms with Crippen molar-refractivity contribution in [1.82, 2.24) is 0 Å². The molecule has 1 aliphatic heterocycles. The van der Waals surface area contributed by atoms with Crippen LogP contribution >= 0.6 is 35.0 Å². The third kappa shape index (κ3) is 4.61. The number of hydrogen-bond donors (Lipinski definition) is 1. The molecule has 1 saturated heterocycles. The molecule has 1 heterocycles. The summed E-state index contributed by atoms with van der Waals surface area (Å²) < 4.78 is 13.6. The summed E-state index contributed by atoms with van der Waals surface area (Å²) in [5.74, 6) is -1.95. The van der Waals surface area contributed by atoms with Crippen molar-refractivity contribution in [3.05, 3.63) is 58.3 Å². The first-order chi connectivity index (χ1) is 12.8. The lowest BCUT2D eigenvalue weighted by Crippen LogP contribution is -2.31. The number of thioether (sulfide) groups is 1. The Bertz CT molecular complexity index is 905. The molecular weight excluding hydrogens is 414 g/mol. The third-order valence-corrected chi connectivity index (χ3v) is 5.41. The van der Waals surface area contributed by atoms with Gasteiger partial charge in [-0.25, -0.2) is 9.29 Å². The molecule has 1 N–H and O–H groups in total. The zero-order valence-corrected chi connectivity index (χ0v) is 16.1. The first-order valence-electron chi connectivity index (χ1n) is 7.84. The predicted molar refractivity (Wildman–Crippen MR) is 105 cm³/mol. The molecule has 5 nitrogen and oxygen atoms in total. The highest BCUT2D eigenvalue weighted by Crippen LogP contribution is 2.33. The molecule has 2 aromatic rings. The summed E-state index contributed by atoms with van der Waals surface area (Å²) in [6.07, 6.45) is -0.0411. The molecule has 140 valence electrons. The van der Waals surface area contributed by atoms with Crippen molar-refractivity contribution in [2.45, 2.75) is 11.7 Å². The van der Waals surface area contributed by atoms with E-state index < -0.39 is 28.8 Å². The maximum Gasteiger partial charge on any atom is 0.247 e. The Morgan fingerprint density at radius 3 is 2.52 bits per heavy atom. The SMILES string of the molecule is O=C(CS[C@@H]1CC(=O)N(c2cc(Cl)cc(Cl)c2)C1=O)Nc1ccccc1F. The fourth-order valence-corrected chi connectivity index (χ4v) is 4.05. The molecule has 1 aliphatic rings. The zero-order valence-electron chi connectivity index (χ0n) is 13.7. The number of halogens is 3. The van der Waals surface area contributed by atoms with E-state index in [0.29, 0.717) is 15.7 Å². The molecule has 3 rings (SSSR count). The van der Waals surface area contributed by atoms with Gasteiger partial charge in [-0.3, -0.25) is 14.4 Å². The molecule has 2 aromatic carbocycles. The molecule has 1 fully saturated rings. The lowest BCUT2D eigenvalue weighted by atomic mass is 10.3. The second-order valence-corrected chi connectivity index (χ2v) is 7.79. The summed E-state index contributed by atoms with van der Waals surface area (Å²) in [5, 5.41) is 2.34. The molecule has 3 amide bonds. The summed E-state index contributed by atoms with van der Waals surface area (Å²) in [6.45, 7) is 0. The topological polar surface area (TPSA) is 66.5 Å². The molecule has 1 atom stereocenters. The highest BCUT2D eigenvalue weighted by atomic mass is 35.5. The highest BCUT2D eigenvalue weighted by Gasteiger charge is 2.40. The van der Waals surface area contributed by atoms with Gasteiger partial charge in [0.2, 0.25) is 17.7 Å². The van der Waals surface area contributed by atoms with Crippen LogP contribution in [-0.2, 0) is 14.4 Å². The molecule has 0 saturated carbocycles. The Morgan fingerprint density at radius 1 is 1.19 bits per heavy atom. The van der Waals surface area contributed by atoms with E-state index in [1.165, 1.54) is 36.4 Å². The van der Waals surface area contributed by atoms with E-state index in [4.69, 9.17) is 23.2 Å². The number of nitrogens with one attached hydrogen (secondary N) is 1. The van der Waals surface area contributed by atoms with Gasteiger partial charge in [-0.05, 0) is 30.3 Å². The van der Waals surface area contributed by atoms with Crippen LogP contribution in [0.15, 0.2) is 42.5 Å².